The van der Waals surface area contributed by atoms with Crippen LogP contribution in [-0.4, -0.2) is 11.0 Å². The molecule has 1 amide bonds. The van der Waals surface area contributed by atoms with Gasteiger partial charge in [-0.15, -0.1) is 0 Å². The van der Waals surface area contributed by atoms with E-state index in [1.807, 2.05) is 38.1 Å². The Kier molecular flexibility index (Phi) is 4.55. The Labute approximate surface area is 181 Å². The molecule has 0 radical (unpaired) electrons. The monoisotopic (exact) mass is 413 g/mol. The molecule has 0 unspecified atom stereocenters. The molecule has 0 fully saturated rings. The number of anilines is 1. The van der Waals surface area contributed by atoms with Crippen LogP contribution in [-0.2, 0) is 17.6 Å². The molecule has 3 aromatic carbocycles. The Bertz CT molecular complexity index is 1230. The highest BCUT2D eigenvalue weighted by atomic mass is 32.1. The zero-order valence-corrected chi connectivity index (χ0v) is 17.8. The van der Waals surface area contributed by atoms with Crippen LogP contribution in [0, 0.1) is 6.92 Å². The maximum atomic E-state index is 13.4. The standard InChI is InChI=1S/C25H23N3OS/c1-14-5-3-7-18(13-14)27-24(29)21-15(2)26-25(30)28-23(21)20-12-11-17-10-9-16-6-4-8-19(20)22(16)17/h3-8,11-13,23H,9-10H2,1-2H3,(H,27,29)(H2,26,28,30)/t23-/m0/s1. The van der Waals surface area contributed by atoms with Crippen molar-refractivity contribution in [2.24, 2.45) is 0 Å². The highest BCUT2D eigenvalue weighted by Crippen LogP contribution is 2.38. The SMILES string of the molecule is CC1=C(C(=O)Nc2cccc(C)c2)[C@H](c2ccc3c4c(cccc24)CC3)NC(=S)N1. The number of aryl methyl sites for hydroxylation is 3. The van der Waals surface area contributed by atoms with Gasteiger partial charge in [0, 0.05) is 11.4 Å². The summed E-state index contributed by atoms with van der Waals surface area (Å²) in [6.07, 6.45) is 2.15. The van der Waals surface area contributed by atoms with Gasteiger partial charge in [-0.25, -0.2) is 0 Å². The van der Waals surface area contributed by atoms with Crippen LogP contribution in [0.4, 0.5) is 5.69 Å². The van der Waals surface area contributed by atoms with Crippen molar-refractivity contribution in [3.8, 4) is 0 Å². The quantitative estimate of drug-likeness (QED) is 0.546. The Morgan fingerprint density at radius 3 is 2.60 bits per heavy atom. The lowest BCUT2D eigenvalue weighted by Gasteiger charge is -2.31. The molecule has 5 rings (SSSR count). The lowest BCUT2D eigenvalue weighted by molar-refractivity contribution is -0.113. The van der Waals surface area contributed by atoms with Gasteiger partial charge in [-0.1, -0.05) is 42.5 Å². The molecule has 30 heavy (non-hydrogen) atoms. The normalized spacial score (nSPS) is 17.7. The molecule has 0 aromatic heterocycles. The number of thiocarbonyl (C=S) groups is 1. The Hall–Kier alpha value is -3.18. The minimum Gasteiger partial charge on any atom is -0.351 e. The van der Waals surface area contributed by atoms with Gasteiger partial charge in [-0.2, -0.15) is 0 Å². The third-order valence-electron chi connectivity index (χ3n) is 6.01. The summed E-state index contributed by atoms with van der Waals surface area (Å²) in [4.78, 5) is 13.4. The third-order valence-corrected chi connectivity index (χ3v) is 6.23. The number of hydrogen-bond donors (Lipinski definition) is 3. The molecular weight excluding hydrogens is 390 g/mol. The molecule has 5 heteroatoms. The van der Waals surface area contributed by atoms with Gasteiger partial charge in [0.15, 0.2) is 5.11 Å². The van der Waals surface area contributed by atoms with Crippen LogP contribution in [0.25, 0.3) is 10.8 Å². The molecule has 0 saturated carbocycles. The van der Waals surface area contributed by atoms with Crippen molar-refractivity contribution in [1.82, 2.24) is 10.6 Å². The van der Waals surface area contributed by atoms with Crippen LogP contribution in [0.1, 0.15) is 35.2 Å². The molecule has 2 aliphatic rings. The molecule has 0 bridgehead atoms. The first kappa shape index (κ1) is 18.8. The number of carbonyl (C=O) groups is 1. The van der Waals surface area contributed by atoms with E-state index in [4.69, 9.17) is 12.2 Å². The van der Waals surface area contributed by atoms with E-state index in [2.05, 4.69) is 46.3 Å². The van der Waals surface area contributed by atoms with Gasteiger partial charge in [-0.3, -0.25) is 4.79 Å². The summed E-state index contributed by atoms with van der Waals surface area (Å²) < 4.78 is 0. The molecule has 3 aromatic rings. The van der Waals surface area contributed by atoms with E-state index in [1.54, 1.807) is 0 Å². The van der Waals surface area contributed by atoms with Crippen LogP contribution in [0.2, 0.25) is 0 Å². The second kappa shape index (κ2) is 7.26. The molecule has 150 valence electrons. The first-order valence-electron chi connectivity index (χ1n) is 10.2. The molecule has 0 spiro atoms. The lowest BCUT2D eigenvalue weighted by Crippen LogP contribution is -2.45. The largest absolute Gasteiger partial charge is 0.351 e. The average Bonchev–Trinajstić information content (AvgIpc) is 3.12. The molecule has 1 atom stereocenters. The smallest absolute Gasteiger partial charge is 0.255 e. The molecule has 1 aliphatic carbocycles. The summed E-state index contributed by atoms with van der Waals surface area (Å²) in [6.45, 7) is 3.92. The van der Waals surface area contributed by atoms with E-state index in [-0.39, 0.29) is 11.9 Å². The predicted molar refractivity (Wildman–Crippen MR) is 125 cm³/mol. The summed E-state index contributed by atoms with van der Waals surface area (Å²) in [7, 11) is 0. The highest BCUT2D eigenvalue weighted by Gasteiger charge is 2.32. The fourth-order valence-corrected chi connectivity index (χ4v) is 4.94. The van der Waals surface area contributed by atoms with Crippen molar-refractivity contribution < 1.29 is 4.79 Å². The van der Waals surface area contributed by atoms with E-state index in [1.165, 1.54) is 21.9 Å². The Balaban J connectivity index is 1.60. The number of allylic oxidation sites excluding steroid dienone is 1. The van der Waals surface area contributed by atoms with Gasteiger partial charge >= 0.3 is 0 Å². The number of amides is 1. The van der Waals surface area contributed by atoms with Crippen LogP contribution < -0.4 is 16.0 Å². The first-order chi connectivity index (χ1) is 14.5. The maximum Gasteiger partial charge on any atom is 0.255 e. The van der Waals surface area contributed by atoms with E-state index in [9.17, 15) is 4.79 Å². The van der Waals surface area contributed by atoms with E-state index < -0.39 is 0 Å². The lowest BCUT2D eigenvalue weighted by atomic mass is 9.89. The Morgan fingerprint density at radius 2 is 1.80 bits per heavy atom. The van der Waals surface area contributed by atoms with Gasteiger partial charge < -0.3 is 16.0 Å². The van der Waals surface area contributed by atoms with Gasteiger partial charge in [0.25, 0.3) is 5.91 Å². The highest BCUT2D eigenvalue weighted by molar-refractivity contribution is 7.80. The van der Waals surface area contributed by atoms with Crippen molar-refractivity contribution in [2.45, 2.75) is 32.7 Å². The molecule has 4 nitrogen and oxygen atoms in total. The van der Waals surface area contributed by atoms with Crippen molar-refractivity contribution in [1.29, 1.82) is 0 Å². The van der Waals surface area contributed by atoms with Crippen LogP contribution in [0.3, 0.4) is 0 Å². The van der Waals surface area contributed by atoms with E-state index >= 15 is 0 Å². The van der Waals surface area contributed by atoms with Crippen LogP contribution in [0.15, 0.2) is 65.9 Å². The fraction of sp³-hybridized carbons (Fsp3) is 0.200. The minimum atomic E-state index is -0.312. The molecular formula is C25H23N3OS. The second-order valence-electron chi connectivity index (χ2n) is 8.05. The third kappa shape index (κ3) is 3.15. The van der Waals surface area contributed by atoms with Crippen LogP contribution in [0.5, 0.6) is 0 Å². The van der Waals surface area contributed by atoms with Crippen molar-refractivity contribution >= 4 is 39.7 Å². The van der Waals surface area contributed by atoms with Gasteiger partial charge in [0.1, 0.15) is 0 Å². The number of benzene rings is 3. The molecule has 1 aliphatic heterocycles. The number of hydrogen-bond acceptors (Lipinski definition) is 2. The van der Waals surface area contributed by atoms with Gasteiger partial charge in [0.05, 0.1) is 11.6 Å². The van der Waals surface area contributed by atoms with Crippen molar-refractivity contribution in [3.63, 3.8) is 0 Å². The average molecular weight is 414 g/mol. The number of carbonyl (C=O) groups excluding carboxylic acids is 1. The fourth-order valence-electron chi connectivity index (χ4n) is 4.67. The summed E-state index contributed by atoms with van der Waals surface area (Å²) in [6, 6.07) is 18.3. The van der Waals surface area contributed by atoms with Crippen molar-refractivity contribution in [3.05, 3.63) is 88.1 Å². The summed E-state index contributed by atoms with van der Waals surface area (Å²) in [5.74, 6) is -0.131. The zero-order valence-electron chi connectivity index (χ0n) is 17.0. The number of nitrogens with one attached hydrogen (secondary N) is 3. The van der Waals surface area contributed by atoms with Gasteiger partial charge in [-0.05, 0) is 84.1 Å². The zero-order chi connectivity index (χ0) is 20.8. The Morgan fingerprint density at radius 1 is 1.03 bits per heavy atom. The first-order valence-corrected chi connectivity index (χ1v) is 10.6. The van der Waals surface area contributed by atoms with Gasteiger partial charge in [0.2, 0.25) is 0 Å². The summed E-state index contributed by atoms with van der Waals surface area (Å²) in [5.41, 5.74) is 7.16. The maximum absolute atomic E-state index is 13.4. The molecule has 3 N–H and O–H groups in total. The topological polar surface area (TPSA) is 53.2 Å². The van der Waals surface area contributed by atoms with Crippen LogP contribution >= 0.6 is 12.2 Å². The predicted octanol–water partition coefficient (Wildman–Crippen LogP) is 4.68. The second-order valence-corrected chi connectivity index (χ2v) is 8.46. The summed E-state index contributed by atoms with van der Waals surface area (Å²) in [5, 5.41) is 12.6. The number of rotatable bonds is 3. The van der Waals surface area contributed by atoms with E-state index in [0.717, 1.165) is 35.4 Å². The minimum absolute atomic E-state index is 0.131. The molecule has 1 heterocycles. The van der Waals surface area contributed by atoms with E-state index in [0.29, 0.717) is 10.7 Å². The summed E-state index contributed by atoms with van der Waals surface area (Å²) >= 11 is 5.44. The molecule has 0 saturated heterocycles. The van der Waals surface area contributed by atoms with Crippen molar-refractivity contribution in [2.75, 3.05) is 5.32 Å².